The van der Waals surface area contributed by atoms with E-state index in [-0.39, 0.29) is 5.91 Å². The van der Waals surface area contributed by atoms with E-state index >= 15 is 0 Å². The van der Waals surface area contributed by atoms with Gasteiger partial charge in [-0.05, 0) is 31.0 Å². The van der Waals surface area contributed by atoms with Gasteiger partial charge in [0, 0.05) is 23.3 Å². The van der Waals surface area contributed by atoms with Crippen molar-refractivity contribution in [1.29, 1.82) is 0 Å². The van der Waals surface area contributed by atoms with Crippen molar-refractivity contribution >= 4 is 29.0 Å². The first-order valence-electron chi connectivity index (χ1n) is 7.23. The van der Waals surface area contributed by atoms with Gasteiger partial charge in [0.2, 0.25) is 0 Å². The maximum Gasteiger partial charge on any atom is 0.274 e. The number of unbranched alkanes of at least 4 members (excludes halogenated alkanes) is 1. The molecular weight excluding hydrogens is 300 g/mol. The second-order valence-electron chi connectivity index (χ2n) is 4.99. The molecule has 0 spiro atoms. The standard InChI is InChI=1S/C16H19ClN4O/c1-3-4-7-18-15-9-14(19-10-20-15)16(22)21-12-6-5-11(2)13(17)8-12/h5-6,8-10H,3-4,7H2,1-2H3,(H,21,22)(H,18,19,20). The summed E-state index contributed by atoms with van der Waals surface area (Å²) in [6.45, 7) is 4.85. The maximum absolute atomic E-state index is 12.2. The van der Waals surface area contributed by atoms with Crippen LogP contribution in [0.4, 0.5) is 11.5 Å². The summed E-state index contributed by atoms with van der Waals surface area (Å²) in [6, 6.07) is 7.02. The van der Waals surface area contributed by atoms with E-state index < -0.39 is 0 Å². The summed E-state index contributed by atoms with van der Waals surface area (Å²) in [5.74, 6) is 0.358. The van der Waals surface area contributed by atoms with E-state index in [0.717, 1.165) is 24.9 Å². The first kappa shape index (κ1) is 16.2. The number of anilines is 2. The zero-order valence-electron chi connectivity index (χ0n) is 12.7. The molecule has 22 heavy (non-hydrogen) atoms. The number of nitrogens with one attached hydrogen (secondary N) is 2. The van der Waals surface area contributed by atoms with E-state index in [2.05, 4.69) is 27.5 Å². The van der Waals surface area contributed by atoms with Crippen LogP contribution in [0, 0.1) is 6.92 Å². The smallest absolute Gasteiger partial charge is 0.274 e. The van der Waals surface area contributed by atoms with Crippen LogP contribution in [-0.4, -0.2) is 22.4 Å². The predicted molar refractivity (Wildman–Crippen MR) is 89.6 cm³/mol. The largest absolute Gasteiger partial charge is 0.370 e. The second-order valence-corrected chi connectivity index (χ2v) is 5.39. The first-order chi connectivity index (χ1) is 10.6. The van der Waals surface area contributed by atoms with Gasteiger partial charge < -0.3 is 10.6 Å². The topological polar surface area (TPSA) is 66.9 Å². The molecule has 2 N–H and O–H groups in total. The normalized spacial score (nSPS) is 10.3. The lowest BCUT2D eigenvalue weighted by Gasteiger charge is -2.08. The highest BCUT2D eigenvalue weighted by Gasteiger charge is 2.09. The quantitative estimate of drug-likeness (QED) is 0.793. The molecule has 2 aromatic rings. The number of aromatic nitrogens is 2. The number of amides is 1. The number of carbonyl (C=O) groups excluding carboxylic acids is 1. The van der Waals surface area contributed by atoms with Crippen LogP contribution >= 0.6 is 11.6 Å². The first-order valence-corrected chi connectivity index (χ1v) is 7.61. The second kappa shape index (κ2) is 7.75. The number of hydrogen-bond acceptors (Lipinski definition) is 4. The Kier molecular flexibility index (Phi) is 5.72. The van der Waals surface area contributed by atoms with E-state index in [1.807, 2.05) is 13.0 Å². The van der Waals surface area contributed by atoms with Crippen LogP contribution in [-0.2, 0) is 0 Å². The van der Waals surface area contributed by atoms with Crippen LogP contribution in [0.3, 0.4) is 0 Å². The van der Waals surface area contributed by atoms with Crippen molar-refractivity contribution in [2.24, 2.45) is 0 Å². The third-order valence-corrected chi connectivity index (χ3v) is 3.57. The SMILES string of the molecule is CCCCNc1cc(C(=O)Nc2ccc(C)c(Cl)c2)ncn1. The summed E-state index contributed by atoms with van der Waals surface area (Å²) in [5, 5.41) is 6.56. The molecule has 2 rings (SSSR count). The summed E-state index contributed by atoms with van der Waals surface area (Å²) in [5.41, 5.74) is 1.91. The Morgan fingerprint density at radius 3 is 2.82 bits per heavy atom. The van der Waals surface area contributed by atoms with E-state index in [4.69, 9.17) is 11.6 Å². The lowest BCUT2D eigenvalue weighted by molar-refractivity contribution is 0.102. The van der Waals surface area contributed by atoms with Crippen molar-refractivity contribution in [3.8, 4) is 0 Å². The Bertz CT molecular complexity index is 660. The Labute approximate surface area is 135 Å². The van der Waals surface area contributed by atoms with Gasteiger partial charge in [0.05, 0.1) is 0 Å². The molecule has 0 aliphatic carbocycles. The van der Waals surface area contributed by atoms with Crippen LogP contribution < -0.4 is 10.6 Å². The number of rotatable bonds is 6. The highest BCUT2D eigenvalue weighted by Crippen LogP contribution is 2.20. The van der Waals surface area contributed by atoms with Crippen molar-refractivity contribution in [3.05, 3.63) is 46.9 Å². The van der Waals surface area contributed by atoms with Gasteiger partial charge in [0.15, 0.2) is 0 Å². The Balaban J connectivity index is 2.05. The average Bonchev–Trinajstić information content (AvgIpc) is 2.51. The highest BCUT2D eigenvalue weighted by molar-refractivity contribution is 6.31. The summed E-state index contributed by atoms with van der Waals surface area (Å²) < 4.78 is 0. The zero-order valence-corrected chi connectivity index (χ0v) is 13.4. The molecule has 0 radical (unpaired) electrons. The van der Waals surface area contributed by atoms with E-state index in [1.54, 1.807) is 18.2 Å². The minimum absolute atomic E-state index is 0.291. The van der Waals surface area contributed by atoms with Gasteiger partial charge in [-0.2, -0.15) is 0 Å². The molecule has 1 aromatic carbocycles. The summed E-state index contributed by atoms with van der Waals surface area (Å²) in [4.78, 5) is 20.3. The maximum atomic E-state index is 12.2. The fourth-order valence-corrected chi connectivity index (χ4v) is 2.02. The number of benzene rings is 1. The zero-order chi connectivity index (χ0) is 15.9. The minimum atomic E-state index is -0.291. The van der Waals surface area contributed by atoms with Gasteiger partial charge in [0.1, 0.15) is 17.8 Å². The molecule has 0 saturated carbocycles. The van der Waals surface area contributed by atoms with Gasteiger partial charge >= 0.3 is 0 Å². The number of hydrogen-bond donors (Lipinski definition) is 2. The van der Waals surface area contributed by atoms with Crippen LogP contribution in [0.2, 0.25) is 5.02 Å². The van der Waals surface area contributed by atoms with Crippen LogP contribution in [0.1, 0.15) is 35.8 Å². The molecule has 0 saturated heterocycles. The molecule has 0 fully saturated rings. The summed E-state index contributed by atoms with van der Waals surface area (Å²) >= 11 is 6.05. The van der Waals surface area contributed by atoms with E-state index in [0.29, 0.717) is 22.2 Å². The van der Waals surface area contributed by atoms with E-state index in [9.17, 15) is 4.79 Å². The molecule has 0 aliphatic rings. The molecule has 1 heterocycles. The van der Waals surface area contributed by atoms with Crippen molar-refractivity contribution in [3.63, 3.8) is 0 Å². The average molecular weight is 319 g/mol. The van der Waals surface area contributed by atoms with Gasteiger partial charge in [-0.25, -0.2) is 9.97 Å². The Morgan fingerprint density at radius 1 is 1.27 bits per heavy atom. The van der Waals surface area contributed by atoms with Gasteiger partial charge in [-0.15, -0.1) is 0 Å². The molecule has 0 atom stereocenters. The van der Waals surface area contributed by atoms with Gasteiger partial charge in [0.25, 0.3) is 5.91 Å². The third-order valence-electron chi connectivity index (χ3n) is 3.17. The van der Waals surface area contributed by atoms with E-state index in [1.165, 1.54) is 6.33 Å². The molecule has 0 bridgehead atoms. The lowest BCUT2D eigenvalue weighted by atomic mass is 10.2. The molecule has 0 aliphatic heterocycles. The highest BCUT2D eigenvalue weighted by atomic mass is 35.5. The summed E-state index contributed by atoms with van der Waals surface area (Å²) in [6.07, 6.45) is 3.53. The summed E-state index contributed by atoms with van der Waals surface area (Å²) in [7, 11) is 0. The Hall–Kier alpha value is -2.14. The predicted octanol–water partition coefficient (Wildman–Crippen LogP) is 3.90. The van der Waals surface area contributed by atoms with Crippen molar-refractivity contribution in [2.45, 2.75) is 26.7 Å². The molecule has 0 unspecified atom stereocenters. The van der Waals surface area contributed by atoms with Crippen molar-refractivity contribution in [1.82, 2.24) is 9.97 Å². The van der Waals surface area contributed by atoms with Gasteiger partial charge in [-0.1, -0.05) is 31.0 Å². The Morgan fingerprint density at radius 2 is 2.09 bits per heavy atom. The molecule has 1 aromatic heterocycles. The van der Waals surface area contributed by atoms with Crippen LogP contribution in [0.5, 0.6) is 0 Å². The fourth-order valence-electron chi connectivity index (χ4n) is 1.84. The molecular formula is C16H19ClN4O. The molecule has 6 heteroatoms. The number of halogens is 1. The minimum Gasteiger partial charge on any atom is -0.370 e. The molecule has 5 nitrogen and oxygen atoms in total. The number of aryl methyl sites for hydroxylation is 1. The van der Waals surface area contributed by atoms with Crippen LogP contribution in [0.15, 0.2) is 30.6 Å². The molecule has 116 valence electrons. The third kappa shape index (κ3) is 4.43. The van der Waals surface area contributed by atoms with Crippen LogP contribution in [0.25, 0.3) is 0 Å². The number of nitrogens with zero attached hydrogens (tertiary/aromatic N) is 2. The van der Waals surface area contributed by atoms with Gasteiger partial charge in [-0.3, -0.25) is 4.79 Å². The van der Waals surface area contributed by atoms with Crippen molar-refractivity contribution in [2.75, 3.05) is 17.2 Å². The lowest BCUT2D eigenvalue weighted by Crippen LogP contribution is -2.15. The molecule has 1 amide bonds. The number of carbonyl (C=O) groups is 1. The monoisotopic (exact) mass is 318 g/mol. The fraction of sp³-hybridized carbons (Fsp3) is 0.312. The van der Waals surface area contributed by atoms with Crippen molar-refractivity contribution < 1.29 is 4.79 Å².